The summed E-state index contributed by atoms with van der Waals surface area (Å²) >= 11 is 1.30. The van der Waals surface area contributed by atoms with Gasteiger partial charge in [-0.1, -0.05) is 18.7 Å². The van der Waals surface area contributed by atoms with Gasteiger partial charge in [-0.15, -0.1) is 10.2 Å². The van der Waals surface area contributed by atoms with Crippen LogP contribution in [0.5, 0.6) is 5.75 Å². The van der Waals surface area contributed by atoms with Crippen molar-refractivity contribution in [1.82, 2.24) is 15.1 Å². The monoisotopic (exact) mass is 361 g/mol. The van der Waals surface area contributed by atoms with Gasteiger partial charge in [-0.05, 0) is 49.9 Å². The molecule has 3 rings (SSSR count). The maximum atomic E-state index is 12.5. The highest BCUT2D eigenvalue weighted by atomic mass is 32.2. The smallest absolute Gasteiger partial charge is 0.277 e. The number of carbonyl (C=O) groups is 1. The molecule has 0 spiro atoms. The molecular formula is C18H23N3O3S. The minimum Gasteiger partial charge on any atom is -0.497 e. The van der Waals surface area contributed by atoms with Gasteiger partial charge < -0.3 is 14.1 Å². The first-order chi connectivity index (χ1) is 12.2. The summed E-state index contributed by atoms with van der Waals surface area (Å²) in [4.78, 5) is 14.5. The number of carbonyl (C=O) groups excluding carboxylic acids is 1. The lowest BCUT2D eigenvalue weighted by molar-refractivity contribution is -0.132. The van der Waals surface area contributed by atoms with Gasteiger partial charge in [0.05, 0.1) is 12.9 Å². The minimum atomic E-state index is 0.153. The molecule has 1 saturated heterocycles. The number of hydrogen-bond acceptors (Lipinski definition) is 6. The maximum Gasteiger partial charge on any atom is 0.277 e. The number of methoxy groups -OCH3 is 1. The van der Waals surface area contributed by atoms with E-state index in [-0.39, 0.29) is 5.91 Å². The fourth-order valence-corrected chi connectivity index (χ4v) is 3.73. The maximum absolute atomic E-state index is 12.5. The number of amides is 1. The lowest BCUT2D eigenvalue weighted by Crippen LogP contribution is -2.44. The third-order valence-corrected chi connectivity index (χ3v) is 5.28. The summed E-state index contributed by atoms with van der Waals surface area (Å²) in [7, 11) is 1.62. The second kappa shape index (κ2) is 8.38. The normalized spacial score (nSPS) is 17.5. The Hall–Kier alpha value is -2.02. The van der Waals surface area contributed by atoms with Crippen LogP contribution in [-0.4, -0.2) is 46.5 Å². The van der Waals surface area contributed by atoms with Crippen LogP contribution in [0.1, 0.15) is 32.6 Å². The van der Waals surface area contributed by atoms with E-state index in [4.69, 9.17) is 9.15 Å². The summed E-state index contributed by atoms with van der Waals surface area (Å²) in [5.74, 6) is 1.71. The van der Waals surface area contributed by atoms with Crippen molar-refractivity contribution in [3.63, 3.8) is 0 Å². The Bertz CT molecular complexity index is 702. The topological polar surface area (TPSA) is 68.5 Å². The molecule has 0 radical (unpaired) electrons. The van der Waals surface area contributed by atoms with Crippen LogP contribution in [0.3, 0.4) is 0 Å². The average molecular weight is 361 g/mol. The summed E-state index contributed by atoms with van der Waals surface area (Å²) in [6, 6.07) is 7.80. The molecular weight excluding hydrogens is 338 g/mol. The molecule has 2 aromatic rings. The van der Waals surface area contributed by atoms with E-state index < -0.39 is 0 Å². The first kappa shape index (κ1) is 17.8. The number of aromatic nitrogens is 2. The molecule has 0 saturated carbocycles. The van der Waals surface area contributed by atoms with Crippen LogP contribution in [0.2, 0.25) is 0 Å². The van der Waals surface area contributed by atoms with E-state index in [2.05, 4.69) is 17.1 Å². The molecule has 2 heterocycles. The molecule has 1 aliphatic heterocycles. The predicted molar refractivity (Wildman–Crippen MR) is 96.7 cm³/mol. The molecule has 1 aromatic heterocycles. The molecule has 6 nitrogen and oxygen atoms in total. The van der Waals surface area contributed by atoms with Crippen molar-refractivity contribution in [2.45, 2.75) is 43.9 Å². The van der Waals surface area contributed by atoms with E-state index >= 15 is 0 Å². The van der Waals surface area contributed by atoms with Gasteiger partial charge in [0.15, 0.2) is 0 Å². The first-order valence-corrected chi connectivity index (χ1v) is 9.60. The van der Waals surface area contributed by atoms with Crippen LogP contribution in [0.25, 0.3) is 11.5 Å². The summed E-state index contributed by atoms with van der Waals surface area (Å²) < 4.78 is 10.8. The number of nitrogens with zero attached hydrogens (tertiary/aromatic N) is 3. The van der Waals surface area contributed by atoms with Gasteiger partial charge in [-0.2, -0.15) is 0 Å². The number of rotatable bonds is 6. The Morgan fingerprint density at radius 3 is 2.84 bits per heavy atom. The van der Waals surface area contributed by atoms with E-state index in [0.29, 0.717) is 22.9 Å². The van der Waals surface area contributed by atoms with Crippen molar-refractivity contribution in [2.24, 2.45) is 0 Å². The molecule has 7 heteroatoms. The van der Waals surface area contributed by atoms with Crippen LogP contribution < -0.4 is 4.74 Å². The molecule has 0 N–H and O–H groups in total. The highest BCUT2D eigenvalue weighted by Crippen LogP contribution is 2.26. The van der Waals surface area contributed by atoms with Crippen molar-refractivity contribution in [3.8, 4) is 17.2 Å². The molecule has 0 bridgehead atoms. The Morgan fingerprint density at radius 2 is 2.12 bits per heavy atom. The summed E-state index contributed by atoms with van der Waals surface area (Å²) in [5.41, 5.74) is 0.827. The molecule has 1 aromatic carbocycles. The van der Waals surface area contributed by atoms with E-state index in [1.54, 1.807) is 7.11 Å². The zero-order chi connectivity index (χ0) is 17.6. The number of benzene rings is 1. The van der Waals surface area contributed by atoms with Gasteiger partial charge in [-0.25, -0.2) is 0 Å². The molecule has 0 unspecified atom stereocenters. The molecule has 134 valence electrons. The molecule has 1 fully saturated rings. The molecule has 1 aliphatic rings. The summed E-state index contributed by atoms with van der Waals surface area (Å²) in [5, 5.41) is 8.52. The standard InChI is InChI=1S/C18H23N3O3S/c1-3-14-6-4-5-11-21(14)16(22)12-25-18-20-19-17(24-18)13-7-9-15(23-2)10-8-13/h7-10,14H,3-6,11-12H2,1-2H3/t14-/m0/s1. The van der Waals surface area contributed by atoms with Gasteiger partial charge >= 0.3 is 0 Å². The predicted octanol–water partition coefficient (Wildman–Crippen LogP) is 3.63. The molecule has 1 atom stereocenters. The zero-order valence-electron chi connectivity index (χ0n) is 14.6. The van der Waals surface area contributed by atoms with Crippen LogP contribution in [-0.2, 0) is 4.79 Å². The zero-order valence-corrected chi connectivity index (χ0v) is 15.4. The lowest BCUT2D eigenvalue weighted by Gasteiger charge is -2.35. The van der Waals surface area contributed by atoms with E-state index in [0.717, 1.165) is 37.1 Å². The Kier molecular flexibility index (Phi) is 5.96. The molecule has 0 aliphatic carbocycles. The highest BCUT2D eigenvalue weighted by Gasteiger charge is 2.25. The highest BCUT2D eigenvalue weighted by molar-refractivity contribution is 7.99. The lowest BCUT2D eigenvalue weighted by atomic mass is 10.0. The Balaban J connectivity index is 1.58. The number of thioether (sulfide) groups is 1. The fraction of sp³-hybridized carbons (Fsp3) is 0.500. The Labute approximate surface area is 151 Å². The fourth-order valence-electron chi connectivity index (χ4n) is 3.08. The van der Waals surface area contributed by atoms with Crippen molar-refractivity contribution in [2.75, 3.05) is 19.4 Å². The number of hydrogen-bond donors (Lipinski definition) is 0. The van der Waals surface area contributed by atoms with Crippen LogP contribution in [0.15, 0.2) is 33.9 Å². The van der Waals surface area contributed by atoms with E-state index in [9.17, 15) is 4.79 Å². The van der Waals surface area contributed by atoms with Crippen LogP contribution in [0.4, 0.5) is 0 Å². The van der Waals surface area contributed by atoms with Gasteiger partial charge in [0.1, 0.15) is 5.75 Å². The van der Waals surface area contributed by atoms with Gasteiger partial charge in [-0.3, -0.25) is 4.79 Å². The Morgan fingerprint density at radius 1 is 1.32 bits per heavy atom. The van der Waals surface area contributed by atoms with Gasteiger partial charge in [0, 0.05) is 18.2 Å². The van der Waals surface area contributed by atoms with E-state index in [1.807, 2.05) is 29.2 Å². The number of piperidine rings is 1. The van der Waals surface area contributed by atoms with Crippen molar-refractivity contribution >= 4 is 17.7 Å². The molecule has 25 heavy (non-hydrogen) atoms. The first-order valence-electron chi connectivity index (χ1n) is 8.61. The second-order valence-corrected chi connectivity index (χ2v) is 6.96. The quantitative estimate of drug-likeness (QED) is 0.732. The van der Waals surface area contributed by atoms with E-state index in [1.165, 1.54) is 18.2 Å². The van der Waals surface area contributed by atoms with Crippen molar-refractivity contribution in [1.29, 1.82) is 0 Å². The minimum absolute atomic E-state index is 0.153. The van der Waals surface area contributed by atoms with Crippen LogP contribution in [0, 0.1) is 0 Å². The number of likely N-dealkylation sites (tertiary alicyclic amines) is 1. The number of ether oxygens (including phenoxy) is 1. The van der Waals surface area contributed by atoms with Crippen molar-refractivity contribution < 1.29 is 13.9 Å². The van der Waals surface area contributed by atoms with Crippen molar-refractivity contribution in [3.05, 3.63) is 24.3 Å². The molecule has 1 amide bonds. The third kappa shape index (κ3) is 4.34. The largest absolute Gasteiger partial charge is 0.497 e. The average Bonchev–Trinajstić information content (AvgIpc) is 3.15. The second-order valence-electron chi connectivity index (χ2n) is 6.04. The van der Waals surface area contributed by atoms with Gasteiger partial charge in [0.2, 0.25) is 11.8 Å². The summed E-state index contributed by atoms with van der Waals surface area (Å²) in [6.45, 7) is 3.00. The third-order valence-electron chi connectivity index (χ3n) is 4.48. The summed E-state index contributed by atoms with van der Waals surface area (Å²) in [6.07, 6.45) is 4.42. The van der Waals surface area contributed by atoms with Crippen LogP contribution >= 0.6 is 11.8 Å². The SMILES string of the molecule is CC[C@H]1CCCCN1C(=O)CSc1nnc(-c2ccc(OC)cc2)o1. The van der Waals surface area contributed by atoms with Gasteiger partial charge in [0.25, 0.3) is 5.22 Å².